The summed E-state index contributed by atoms with van der Waals surface area (Å²) < 4.78 is 34.9. The average Bonchev–Trinajstić information content (AvgIpc) is 1.82. The molecule has 0 aliphatic rings. The second-order valence-corrected chi connectivity index (χ2v) is 3.43. The molecule has 0 aromatic carbocycles. The molecule has 0 saturated heterocycles. The summed E-state index contributed by atoms with van der Waals surface area (Å²) in [5.41, 5.74) is 0. The largest absolute Gasteiger partial charge is 0.455 e. The lowest BCUT2D eigenvalue weighted by atomic mass is 10.4. The van der Waals surface area contributed by atoms with Crippen molar-refractivity contribution in [3.8, 4) is 0 Å². The monoisotopic (exact) mass is 293 g/mol. The number of halogens is 4. The molecule has 0 rings (SSSR count). The Morgan fingerprint density at radius 2 is 1.83 bits per heavy atom. The van der Waals surface area contributed by atoms with Crippen LogP contribution in [0.5, 0.6) is 0 Å². The Hall–Kier alpha value is -0.270. The van der Waals surface area contributed by atoms with Crippen molar-refractivity contribution in [2.24, 2.45) is 0 Å². The number of allylic oxidation sites excluding steroid dienone is 1. The van der Waals surface area contributed by atoms with Gasteiger partial charge in [-0.15, -0.1) is 0 Å². The molecule has 0 N–H and O–H groups in total. The van der Waals surface area contributed by atoms with Crippen LogP contribution in [-0.4, -0.2) is 31.0 Å². The average molecular weight is 293 g/mol. The van der Waals surface area contributed by atoms with E-state index in [1.807, 2.05) is 0 Å². The number of hydrogen-bond acceptors (Lipinski definition) is 2. The zero-order chi connectivity index (χ0) is 9.94. The molecule has 12 heavy (non-hydrogen) atoms. The Labute approximate surface area is 81.6 Å². The van der Waals surface area contributed by atoms with Gasteiger partial charge in [-0.3, -0.25) is 4.79 Å². The molecule has 0 aliphatic carbocycles. The summed E-state index contributed by atoms with van der Waals surface area (Å²) in [5, 5.41) is 0. The van der Waals surface area contributed by atoms with Crippen LogP contribution < -0.4 is 0 Å². The summed E-state index contributed by atoms with van der Waals surface area (Å²) >= 11 is 1.36. The molecule has 0 aromatic heterocycles. The van der Waals surface area contributed by atoms with Crippen LogP contribution in [0.4, 0.5) is 13.2 Å². The summed E-state index contributed by atoms with van der Waals surface area (Å²) in [6.07, 6.45) is -3.65. The van der Waals surface area contributed by atoms with Crippen molar-refractivity contribution in [2.75, 3.05) is 14.1 Å². The van der Waals surface area contributed by atoms with Crippen molar-refractivity contribution in [1.82, 2.24) is 4.90 Å². The Balaban J connectivity index is 4.51. The number of rotatable bonds is 2. The van der Waals surface area contributed by atoms with Gasteiger partial charge in [-0.05, 0) is 22.6 Å². The minimum absolute atomic E-state index is 0.342. The van der Waals surface area contributed by atoms with E-state index in [1.165, 1.54) is 27.5 Å². The predicted molar refractivity (Wildman–Crippen MR) is 46.9 cm³/mol. The predicted octanol–water partition coefficient (Wildman–Crippen LogP) is 1.96. The van der Waals surface area contributed by atoms with Gasteiger partial charge in [0.15, 0.2) is 0 Å². The van der Waals surface area contributed by atoms with Gasteiger partial charge in [0.25, 0.3) is 5.78 Å². The van der Waals surface area contributed by atoms with Gasteiger partial charge in [0.05, 0.1) is 3.58 Å². The third-order valence-corrected chi connectivity index (χ3v) is 1.61. The third kappa shape index (κ3) is 3.93. The highest BCUT2D eigenvalue weighted by molar-refractivity contribution is 14.1. The van der Waals surface area contributed by atoms with Crippen LogP contribution in [-0.2, 0) is 4.79 Å². The van der Waals surface area contributed by atoms with Gasteiger partial charge in [-0.25, -0.2) is 0 Å². The van der Waals surface area contributed by atoms with Crippen molar-refractivity contribution < 1.29 is 18.0 Å². The summed E-state index contributed by atoms with van der Waals surface area (Å²) in [7, 11) is 3.09. The molecule has 0 saturated carbocycles. The minimum Gasteiger partial charge on any atom is -0.383 e. The van der Waals surface area contributed by atoms with E-state index in [0.717, 1.165) is 6.20 Å². The van der Waals surface area contributed by atoms with E-state index >= 15 is 0 Å². The molecule has 0 spiro atoms. The van der Waals surface area contributed by atoms with E-state index < -0.39 is 12.0 Å². The van der Waals surface area contributed by atoms with E-state index in [9.17, 15) is 18.0 Å². The van der Waals surface area contributed by atoms with Crippen LogP contribution in [0.2, 0.25) is 0 Å². The lowest BCUT2D eigenvalue weighted by Gasteiger charge is -2.07. The molecule has 70 valence electrons. The number of hydrogen-bond donors (Lipinski definition) is 0. The van der Waals surface area contributed by atoms with Crippen LogP contribution in [0.3, 0.4) is 0 Å². The van der Waals surface area contributed by atoms with Crippen LogP contribution in [0.15, 0.2) is 9.78 Å². The van der Waals surface area contributed by atoms with Crippen LogP contribution in [0.25, 0.3) is 0 Å². The Morgan fingerprint density at radius 3 is 2.08 bits per heavy atom. The Bertz CT molecular complexity index is 209. The first-order chi connectivity index (χ1) is 5.25. The molecule has 0 aliphatic heterocycles. The van der Waals surface area contributed by atoms with Crippen molar-refractivity contribution >= 4 is 28.4 Å². The lowest BCUT2D eigenvalue weighted by molar-refractivity contribution is -0.165. The van der Waals surface area contributed by atoms with E-state index in [4.69, 9.17) is 0 Å². The highest BCUT2D eigenvalue weighted by atomic mass is 127. The maximum atomic E-state index is 11.7. The fourth-order valence-electron chi connectivity index (χ4n) is 0.421. The van der Waals surface area contributed by atoms with Gasteiger partial charge >= 0.3 is 6.18 Å². The fourth-order valence-corrected chi connectivity index (χ4v) is 1.28. The number of Topliss-reactive ketones (excluding diaryl/α,β-unsaturated/α-hetero) is 1. The molecule has 0 radical (unpaired) electrons. The van der Waals surface area contributed by atoms with Gasteiger partial charge in [0, 0.05) is 20.3 Å². The highest BCUT2D eigenvalue weighted by Gasteiger charge is 2.39. The number of alkyl halides is 3. The minimum atomic E-state index is -4.77. The van der Waals surface area contributed by atoms with Crippen molar-refractivity contribution in [1.29, 1.82) is 0 Å². The normalized spacial score (nSPS) is 13.0. The van der Waals surface area contributed by atoms with Gasteiger partial charge in [-0.1, -0.05) is 0 Å². The van der Waals surface area contributed by atoms with E-state index in [-0.39, 0.29) is 3.58 Å². The van der Waals surface area contributed by atoms with Gasteiger partial charge in [0.1, 0.15) is 0 Å². The molecular weight excluding hydrogens is 286 g/mol. The number of carbonyl (C=O) groups excluding carboxylic acids is 1. The molecule has 0 fully saturated rings. The number of carbonyl (C=O) groups is 1. The SMILES string of the molecule is CN(C)/C=C(\I)C(=O)C(F)(F)F. The molecule has 0 heterocycles. The third-order valence-electron chi connectivity index (χ3n) is 0.846. The summed E-state index contributed by atoms with van der Waals surface area (Å²) in [6, 6.07) is 0. The topological polar surface area (TPSA) is 20.3 Å². The van der Waals surface area contributed by atoms with Gasteiger partial charge in [-0.2, -0.15) is 13.2 Å². The summed E-state index contributed by atoms with van der Waals surface area (Å²) in [6.45, 7) is 0. The molecule has 0 bridgehead atoms. The van der Waals surface area contributed by atoms with E-state index in [2.05, 4.69) is 0 Å². The first-order valence-electron chi connectivity index (χ1n) is 2.90. The highest BCUT2D eigenvalue weighted by Crippen LogP contribution is 2.23. The molecule has 0 atom stereocenters. The van der Waals surface area contributed by atoms with Crippen molar-refractivity contribution in [2.45, 2.75) is 6.18 Å². The zero-order valence-corrected chi connectivity index (χ0v) is 8.60. The second-order valence-electron chi connectivity index (χ2n) is 2.27. The smallest absolute Gasteiger partial charge is 0.383 e. The summed E-state index contributed by atoms with van der Waals surface area (Å²) in [5.74, 6) is -1.81. The summed E-state index contributed by atoms with van der Waals surface area (Å²) in [4.78, 5) is 11.9. The Morgan fingerprint density at radius 1 is 1.42 bits per heavy atom. The first kappa shape index (κ1) is 11.7. The van der Waals surface area contributed by atoms with Gasteiger partial charge in [0.2, 0.25) is 0 Å². The van der Waals surface area contributed by atoms with Crippen LogP contribution >= 0.6 is 22.6 Å². The molecule has 0 unspecified atom stereocenters. The van der Waals surface area contributed by atoms with Gasteiger partial charge < -0.3 is 4.90 Å². The molecule has 0 aromatic rings. The van der Waals surface area contributed by atoms with Crippen molar-refractivity contribution in [3.05, 3.63) is 9.78 Å². The first-order valence-corrected chi connectivity index (χ1v) is 3.98. The number of nitrogens with zero attached hydrogens (tertiary/aromatic N) is 1. The quantitative estimate of drug-likeness (QED) is 0.573. The zero-order valence-electron chi connectivity index (χ0n) is 6.44. The lowest BCUT2D eigenvalue weighted by Crippen LogP contribution is -2.23. The fraction of sp³-hybridized carbons (Fsp3) is 0.500. The van der Waals surface area contributed by atoms with Crippen LogP contribution in [0, 0.1) is 0 Å². The molecule has 6 heteroatoms. The maximum Gasteiger partial charge on any atom is 0.455 e. The number of ketones is 1. The molecular formula is C6H7F3INO. The van der Waals surface area contributed by atoms with Crippen molar-refractivity contribution in [3.63, 3.8) is 0 Å². The maximum absolute atomic E-state index is 11.7. The Kier molecular flexibility index (Phi) is 4.01. The van der Waals surface area contributed by atoms with E-state index in [1.54, 1.807) is 14.1 Å². The molecule has 2 nitrogen and oxygen atoms in total. The van der Waals surface area contributed by atoms with Crippen LogP contribution in [0.1, 0.15) is 0 Å². The second kappa shape index (κ2) is 4.11. The standard InChI is InChI=1S/C6H7F3INO/c1-11(2)3-4(10)5(12)6(7,8)9/h3H,1-2H3/b4-3-. The molecule has 0 amide bonds. The van der Waals surface area contributed by atoms with E-state index in [0.29, 0.717) is 0 Å².